The Morgan fingerprint density at radius 2 is 1.88 bits per heavy atom. The summed E-state index contributed by atoms with van der Waals surface area (Å²) < 4.78 is 12.5. The first-order valence-electron chi connectivity index (χ1n) is 8.29. The first-order chi connectivity index (χ1) is 11.7. The first-order valence-corrected chi connectivity index (χ1v) is 8.29. The van der Waals surface area contributed by atoms with Crippen molar-refractivity contribution in [3.05, 3.63) is 59.9 Å². The van der Waals surface area contributed by atoms with Crippen LogP contribution in [0.15, 0.2) is 48.7 Å². The van der Waals surface area contributed by atoms with Crippen molar-refractivity contribution < 1.29 is 14.6 Å². The van der Waals surface area contributed by atoms with Crippen LogP contribution in [0.25, 0.3) is 0 Å². The van der Waals surface area contributed by atoms with E-state index >= 15 is 0 Å². The Labute approximate surface area is 144 Å². The third kappa shape index (κ3) is 6.09. The zero-order valence-corrected chi connectivity index (χ0v) is 14.6. The van der Waals surface area contributed by atoms with Gasteiger partial charge in [-0.3, -0.25) is 4.90 Å². The predicted molar refractivity (Wildman–Crippen MR) is 95.0 cm³/mol. The highest BCUT2D eigenvalue weighted by atomic mass is 16.5. The monoisotopic (exact) mass is 332 g/mol. The maximum atomic E-state index is 10.0. The van der Waals surface area contributed by atoms with Gasteiger partial charge in [0.1, 0.15) is 0 Å². The highest BCUT2D eigenvalue weighted by Crippen LogP contribution is 2.11. The Morgan fingerprint density at radius 1 is 1.08 bits per heavy atom. The number of aliphatic hydroxyl groups excluding tert-OH is 1. The summed E-state index contributed by atoms with van der Waals surface area (Å²) in [5.74, 6) is 0. The molecule has 2 aromatic rings. The zero-order chi connectivity index (χ0) is 17.2. The quantitative estimate of drug-likeness (QED) is 0.684. The van der Waals surface area contributed by atoms with Gasteiger partial charge in [0, 0.05) is 52.3 Å². The molecule has 24 heavy (non-hydrogen) atoms. The maximum absolute atomic E-state index is 10.0. The van der Waals surface area contributed by atoms with Gasteiger partial charge in [-0.2, -0.15) is 0 Å². The van der Waals surface area contributed by atoms with Crippen molar-refractivity contribution in [1.82, 2.24) is 9.47 Å². The minimum Gasteiger partial charge on any atom is -0.389 e. The Bertz CT molecular complexity index is 571. The molecule has 0 aliphatic heterocycles. The van der Waals surface area contributed by atoms with Crippen LogP contribution in [-0.4, -0.2) is 61.2 Å². The van der Waals surface area contributed by atoms with Crippen molar-refractivity contribution in [1.29, 1.82) is 0 Å². The number of hydrogen-bond donors (Lipinski definition) is 1. The topological polar surface area (TPSA) is 46.9 Å². The van der Waals surface area contributed by atoms with Crippen LogP contribution < -0.4 is 0 Å². The Kier molecular flexibility index (Phi) is 7.98. The van der Waals surface area contributed by atoms with Crippen molar-refractivity contribution in [2.45, 2.75) is 19.2 Å². The summed E-state index contributed by atoms with van der Waals surface area (Å²) >= 11 is 0. The lowest BCUT2D eigenvalue weighted by molar-refractivity contribution is 0.0288. The van der Waals surface area contributed by atoms with E-state index in [0.717, 1.165) is 19.6 Å². The highest BCUT2D eigenvalue weighted by molar-refractivity contribution is 5.17. The van der Waals surface area contributed by atoms with Crippen molar-refractivity contribution in [2.75, 3.05) is 40.5 Å². The molecule has 1 unspecified atom stereocenters. The van der Waals surface area contributed by atoms with Crippen LogP contribution in [0.4, 0.5) is 0 Å². The molecule has 0 spiro atoms. The summed E-state index contributed by atoms with van der Waals surface area (Å²) in [6, 6.07) is 14.6. The van der Waals surface area contributed by atoms with Crippen LogP contribution in [0.1, 0.15) is 11.3 Å². The molecule has 0 aliphatic rings. The molecule has 2 rings (SSSR count). The normalized spacial score (nSPS) is 12.7. The molecule has 1 aromatic heterocycles. The molecule has 0 saturated heterocycles. The number of aromatic nitrogens is 1. The number of rotatable bonds is 11. The van der Waals surface area contributed by atoms with Crippen LogP contribution >= 0.6 is 0 Å². The predicted octanol–water partition coefficient (Wildman–Crippen LogP) is 1.99. The van der Waals surface area contributed by atoms with Gasteiger partial charge >= 0.3 is 0 Å². The van der Waals surface area contributed by atoms with Crippen molar-refractivity contribution in [3.8, 4) is 0 Å². The standard InChI is InChI=1S/C19H28N2O3/c1-23-12-11-20(15-19(22)16-24-2)14-18-9-6-10-21(18)13-17-7-4-3-5-8-17/h3-10,19,22H,11-16H2,1-2H3. The first kappa shape index (κ1) is 18.7. The second-order valence-corrected chi connectivity index (χ2v) is 5.95. The average Bonchev–Trinajstić information content (AvgIpc) is 3.00. The zero-order valence-electron chi connectivity index (χ0n) is 14.6. The van der Waals surface area contributed by atoms with Crippen LogP contribution in [0.3, 0.4) is 0 Å². The van der Waals surface area contributed by atoms with E-state index in [-0.39, 0.29) is 0 Å². The lowest BCUT2D eigenvalue weighted by atomic mass is 10.2. The SMILES string of the molecule is COCCN(Cc1cccn1Cc1ccccc1)CC(O)COC. The second-order valence-electron chi connectivity index (χ2n) is 5.95. The molecule has 0 aliphatic carbocycles. The fourth-order valence-corrected chi connectivity index (χ4v) is 2.75. The second kappa shape index (κ2) is 10.3. The van der Waals surface area contributed by atoms with Gasteiger partial charge in [-0.25, -0.2) is 0 Å². The highest BCUT2D eigenvalue weighted by Gasteiger charge is 2.14. The third-order valence-electron chi connectivity index (χ3n) is 3.94. The number of hydrogen-bond acceptors (Lipinski definition) is 4. The molecule has 132 valence electrons. The molecule has 5 heteroatoms. The number of methoxy groups -OCH3 is 2. The summed E-state index contributed by atoms with van der Waals surface area (Å²) in [6.07, 6.45) is 1.60. The fraction of sp³-hybridized carbons (Fsp3) is 0.474. The van der Waals surface area contributed by atoms with Crippen LogP contribution in [-0.2, 0) is 22.6 Å². The van der Waals surface area contributed by atoms with Gasteiger partial charge in [-0.15, -0.1) is 0 Å². The smallest absolute Gasteiger partial charge is 0.0900 e. The van der Waals surface area contributed by atoms with Gasteiger partial charge in [0.2, 0.25) is 0 Å². The van der Waals surface area contributed by atoms with Gasteiger partial charge < -0.3 is 19.1 Å². The molecule has 5 nitrogen and oxygen atoms in total. The van der Waals surface area contributed by atoms with Crippen LogP contribution in [0.2, 0.25) is 0 Å². The van der Waals surface area contributed by atoms with Crippen molar-refractivity contribution in [2.24, 2.45) is 0 Å². The Hall–Kier alpha value is -1.66. The number of aliphatic hydroxyl groups is 1. The minimum atomic E-state index is -0.496. The summed E-state index contributed by atoms with van der Waals surface area (Å²) in [4.78, 5) is 2.20. The van der Waals surface area contributed by atoms with Gasteiger partial charge in [-0.05, 0) is 17.7 Å². The molecule has 0 bridgehead atoms. The molecule has 1 atom stereocenters. The van der Waals surface area contributed by atoms with E-state index in [4.69, 9.17) is 9.47 Å². The largest absolute Gasteiger partial charge is 0.389 e. The fourth-order valence-electron chi connectivity index (χ4n) is 2.75. The molecule has 0 amide bonds. The van der Waals surface area contributed by atoms with E-state index in [9.17, 15) is 5.11 Å². The number of benzene rings is 1. The molecular weight excluding hydrogens is 304 g/mol. The summed E-state index contributed by atoms with van der Waals surface area (Å²) in [6.45, 7) is 3.93. The molecular formula is C19H28N2O3. The van der Waals surface area contributed by atoms with E-state index in [1.54, 1.807) is 14.2 Å². The molecule has 0 saturated carbocycles. The molecule has 1 heterocycles. The van der Waals surface area contributed by atoms with Crippen LogP contribution in [0.5, 0.6) is 0 Å². The summed E-state index contributed by atoms with van der Waals surface area (Å²) in [7, 11) is 3.30. The summed E-state index contributed by atoms with van der Waals surface area (Å²) in [5.41, 5.74) is 2.50. The van der Waals surface area contributed by atoms with Gasteiger partial charge in [0.25, 0.3) is 0 Å². The average molecular weight is 332 g/mol. The van der Waals surface area contributed by atoms with Gasteiger partial charge in [0.05, 0.1) is 19.3 Å². The Balaban J connectivity index is 2.01. The van der Waals surface area contributed by atoms with Crippen molar-refractivity contribution >= 4 is 0 Å². The molecule has 1 N–H and O–H groups in total. The maximum Gasteiger partial charge on any atom is 0.0900 e. The third-order valence-corrected chi connectivity index (χ3v) is 3.94. The van der Waals surface area contributed by atoms with E-state index < -0.39 is 6.10 Å². The molecule has 1 aromatic carbocycles. The van der Waals surface area contributed by atoms with E-state index in [2.05, 4.69) is 52.1 Å². The number of ether oxygens (including phenoxy) is 2. The van der Waals surface area contributed by atoms with Crippen LogP contribution in [0, 0.1) is 0 Å². The van der Waals surface area contributed by atoms with Gasteiger partial charge in [-0.1, -0.05) is 30.3 Å². The van der Waals surface area contributed by atoms with E-state index in [1.807, 2.05) is 6.07 Å². The lowest BCUT2D eigenvalue weighted by Gasteiger charge is -2.25. The lowest BCUT2D eigenvalue weighted by Crippen LogP contribution is -2.36. The van der Waals surface area contributed by atoms with Crippen molar-refractivity contribution in [3.63, 3.8) is 0 Å². The van der Waals surface area contributed by atoms with E-state index in [1.165, 1.54) is 11.3 Å². The molecule has 0 fully saturated rings. The minimum absolute atomic E-state index is 0.342. The molecule has 0 radical (unpaired) electrons. The van der Waals surface area contributed by atoms with E-state index in [0.29, 0.717) is 19.8 Å². The van der Waals surface area contributed by atoms with Gasteiger partial charge in [0.15, 0.2) is 0 Å². The Morgan fingerprint density at radius 3 is 2.58 bits per heavy atom. The number of nitrogens with zero attached hydrogens (tertiary/aromatic N) is 2. The summed E-state index contributed by atoms with van der Waals surface area (Å²) in [5, 5.41) is 10.0.